The lowest BCUT2D eigenvalue weighted by atomic mass is 10.1. The zero-order chi connectivity index (χ0) is 14.6. The molecule has 1 rings (SSSR count). The molecule has 1 atom stereocenters. The Labute approximate surface area is 110 Å². The molecule has 0 saturated heterocycles. The quantitative estimate of drug-likeness (QED) is 0.833. The summed E-state index contributed by atoms with van der Waals surface area (Å²) in [6.07, 6.45) is -3.75. The van der Waals surface area contributed by atoms with Gasteiger partial charge in [-0.3, -0.25) is 0 Å². The fraction of sp³-hybridized carbons (Fsp3) is 0.538. The first kappa shape index (κ1) is 15.8. The highest BCUT2D eigenvalue weighted by molar-refractivity contribution is 5.55. The molecule has 0 fully saturated rings. The van der Waals surface area contributed by atoms with E-state index >= 15 is 0 Å². The van der Waals surface area contributed by atoms with E-state index < -0.39 is 24.6 Å². The third kappa shape index (κ3) is 4.70. The van der Waals surface area contributed by atoms with Gasteiger partial charge in [-0.05, 0) is 37.1 Å². The molecular weight excluding hydrogens is 260 g/mol. The fourth-order valence-electron chi connectivity index (χ4n) is 1.95. The van der Waals surface area contributed by atoms with E-state index in [0.29, 0.717) is 17.7 Å². The van der Waals surface area contributed by atoms with Gasteiger partial charge in [0.05, 0.1) is 0 Å². The maximum absolute atomic E-state index is 13.2. The van der Waals surface area contributed by atoms with Crippen LogP contribution < -0.4 is 10.6 Å². The Morgan fingerprint density at radius 2 is 1.95 bits per heavy atom. The van der Waals surface area contributed by atoms with Gasteiger partial charge in [0.15, 0.2) is 0 Å². The van der Waals surface area contributed by atoms with Crippen LogP contribution >= 0.6 is 0 Å². The molecular formula is C13H18F4N2. The summed E-state index contributed by atoms with van der Waals surface area (Å²) in [5, 5.41) is 0. The molecule has 0 aromatic heterocycles. The number of anilines is 1. The predicted molar refractivity (Wildman–Crippen MR) is 67.6 cm³/mol. The van der Waals surface area contributed by atoms with Crippen molar-refractivity contribution in [2.75, 3.05) is 18.0 Å². The zero-order valence-electron chi connectivity index (χ0n) is 11.0. The highest BCUT2D eigenvalue weighted by atomic mass is 19.4. The number of hydrogen-bond donors (Lipinski definition) is 1. The number of rotatable bonds is 5. The molecule has 108 valence electrons. The minimum absolute atomic E-state index is 0.241. The lowest BCUT2D eigenvalue weighted by Gasteiger charge is -2.28. The monoisotopic (exact) mass is 278 g/mol. The van der Waals surface area contributed by atoms with E-state index in [4.69, 9.17) is 5.73 Å². The predicted octanol–water partition coefficient (Wildman–Crippen LogP) is 3.62. The maximum Gasteiger partial charge on any atom is 0.405 e. The maximum atomic E-state index is 13.2. The van der Waals surface area contributed by atoms with Crippen LogP contribution in [0.4, 0.5) is 23.2 Å². The molecule has 0 amide bonds. The Bertz CT molecular complexity index is 416. The first-order chi connectivity index (χ1) is 8.74. The van der Waals surface area contributed by atoms with Crippen molar-refractivity contribution in [2.24, 2.45) is 5.73 Å². The van der Waals surface area contributed by atoms with Crippen molar-refractivity contribution in [3.05, 3.63) is 29.6 Å². The fourth-order valence-corrected chi connectivity index (χ4v) is 1.95. The Hall–Kier alpha value is -1.30. The van der Waals surface area contributed by atoms with Crippen molar-refractivity contribution in [1.82, 2.24) is 0 Å². The second kappa shape index (κ2) is 6.23. The molecule has 6 heteroatoms. The molecule has 19 heavy (non-hydrogen) atoms. The third-order valence-electron chi connectivity index (χ3n) is 2.68. The van der Waals surface area contributed by atoms with Gasteiger partial charge in [-0.2, -0.15) is 13.2 Å². The molecule has 2 nitrogen and oxygen atoms in total. The Kier molecular flexibility index (Phi) is 5.17. The second-order valence-electron chi connectivity index (χ2n) is 4.53. The second-order valence-corrected chi connectivity index (χ2v) is 4.53. The average molecular weight is 278 g/mol. The van der Waals surface area contributed by atoms with E-state index in [1.54, 1.807) is 13.8 Å². The zero-order valence-corrected chi connectivity index (χ0v) is 11.0. The van der Waals surface area contributed by atoms with Gasteiger partial charge in [-0.1, -0.05) is 6.92 Å². The Morgan fingerprint density at radius 1 is 1.32 bits per heavy atom. The number of nitrogens with two attached hydrogens (primary N) is 1. The largest absolute Gasteiger partial charge is 0.405 e. The van der Waals surface area contributed by atoms with Crippen LogP contribution in [0.1, 0.15) is 31.9 Å². The van der Waals surface area contributed by atoms with E-state index in [0.717, 1.165) is 6.07 Å². The number of nitrogens with zero attached hydrogens (tertiary/aromatic N) is 1. The Balaban J connectivity index is 3.14. The highest BCUT2D eigenvalue weighted by Gasteiger charge is 2.31. The molecule has 0 saturated carbocycles. The molecule has 2 N–H and O–H groups in total. The summed E-state index contributed by atoms with van der Waals surface area (Å²) in [6, 6.07) is 3.17. The minimum Gasteiger partial charge on any atom is -0.362 e. The lowest BCUT2D eigenvalue weighted by molar-refractivity contribution is -0.119. The summed E-state index contributed by atoms with van der Waals surface area (Å²) in [7, 11) is 0. The molecule has 0 unspecified atom stereocenters. The van der Waals surface area contributed by atoms with Gasteiger partial charge < -0.3 is 10.6 Å². The molecule has 0 radical (unpaired) electrons. The van der Waals surface area contributed by atoms with Crippen LogP contribution in [0.15, 0.2) is 18.2 Å². The number of benzene rings is 1. The normalized spacial score (nSPS) is 13.4. The smallest absolute Gasteiger partial charge is 0.362 e. The molecule has 0 spiro atoms. The number of hydrogen-bond acceptors (Lipinski definition) is 2. The van der Waals surface area contributed by atoms with Crippen molar-refractivity contribution in [3.8, 4) is 0 Å². The van der Waals surface area contributed by atoms with Crippen molar-refractivity contribution in [1.29, 1.82) is 0 Å². The molecule has 0 heterocycles. The minimum atomic E-state index is -4.31. The average Bonchev–Trinajstić information content (AvgIpc) is 2.26. The third-order valence-corrected chi connectivity index (χ3v) is 2.68. The Morgan fingerprint density at radius 3 is 2.42 bits per heavy atom. The highest BCUT2D eigenvalue weighted by Crippen LogP contribution is 2.29. The summed E-state index contributed by atoms with van der Waals surface area (Å²) >= 11 is 0. The van der Waals surface area contributed by atoms with E-state index in [9.17, 15) is 17.6 Å². The molecule has 0 aliphatic carbocycles. The molecule has 0 bridgehead atoms. The number of alkyl halides is 3. The van der Waals surface area contributed by atoms with Gasteiger partial charge in [0.1, 0.15) is 12.4 Å². The lowest BCUT2D eigenvalue weighted by Crippen LogP contribution is -2.35. The van der Waals surface area contributed by atoms with Crippen molar-refractivity contribution in [2.45, 2.75) is 32.5 Å². The summed E-state index contributed by atoms with van der Waals surface area (Å²) < 4.78 is 50.9. The number of halogens is 4. The summed E-state index contributed by atoms with van der Waals surface area (Å²) in [5.41, 5.74) is 6.44. The topological polar surface area (TPSA) is 29.3 Å². The van der Waals surface area contributed by atoms with Crippen LogP contribution in [-0.2, 0) is 0 Å². The first-order valence-electron chi connectivity index (χ1n) is 6.11. The standard InChI is InChI=1S/C13H18F4N2/c1-3-6-19(8-13(15,16)17)12-5-4-10(14)7-11(12)9(2)18/h4-5,7,9H,3,6,8,18H2,1-2H3/t9-/m0/s1. The SMILES string of the molecule is CCCN(CC(F)(F)F)c1ccc(F)cc1[C@H](C)N. The van der Waals surface area contributed by atoms with Gasteiger partial charge in [0, 0.05) is 18.3 Å². The van der Waals surface area contributed by atoms with Gasteiger partial charge in [0.25, 0.3) is 0 Å². The van der Waals surface area contributed by atoms with Gasteiger partial charge >= 0.3 is 6.18 Å². The van der Waals surface area contributed by atoms with Gasteiger partial charge in [-0.25, -0.2) is 4.39 Å². The van der Waals surface area contributed by atoms with E-state index in [1.165, 1.54) is 17.0 Å². The summed E-state index contributed by atoms with van der Waals surface area (Å²) in [4.78, 5) is 1.19. The van der Waals surface area contributed by atoms with E-state index in [-0.39, 0.29) is 6.54 Å². The molecule has 0 aliphatic rings. The summed E-state index contributed by atoms with van der Waals surface area (Å²) in [6.45, 7) is 2.59. The first-order valence-corrected chi connectivity index (χ1v) is 6.11. The van der Waals surface area contributed by atoms with E-state index in [2.05, 4.69) is 0 Å². The van der Waals surface area contributed by atoms with Crippen LogP contribution in [-0.4, -0.2) is 19.3 Å². The van der Waals surface area contributed by atoms with Crippen LogP contribution in [0.2, 0.25) is 0 Å². The van der Waals surface area contributed by atoms with E-state index in [1.807, 2.05) is 0 Å². The van der Waals surface area contributed by atoms with Crippen molar-refractivity contribution >= 4 is 5.69 Å². The van der Waals surface area contributed by atoms with Crippen molar-refractivity contribution in [3.63, 3.8) is 0 Å². The summed E-state index contributed by atoms with van der Waals surface area (Å²) in [5.74, 6) is -0.500. The van der Waals surface area contributed by atoms with Gasteiger partial charge in [0.2, 0.25) is 0 Å². The van der Waals surface area contributed by atoms with Crippen LogP contribution in [0.25, 0.3) is 0 Å². The van der Waals surface area contributed by atoms with Gasteiger partial charge in [-0.15, -0.1) is 0 Å². The molecule has 0 aliphatic heterocycles. The molecule has 1 aromatic rings. The van der Waals surface area contributed by atoms with Crippen molar-refractivity contribution < 1.29 is 17.6 Å². The van der Waals surface area contributed by atoms with Crippen LogP contribution in [0.3, 0.4) is 0 Å². The molecule has 1 aromatic carbocycles. The van der Waals surface area contributed by atoms with Crippen LogP contribution in [0, 0.1) is 5.82 Å². The van der Waals surface area contributed by atoms with Crippen LogP contribution in [0.5, 0.6) is 0 Å².